The summed E-state index contributed by atoms with van der Waals surface area (Å²) in [6.07, 6.45) is 5.20. The van der Waals surface area contributed by atoms with Gasteiger partial charge in [0.15, 0.2) is 11.6 Å². The van der Waals surface area contributed by atoms with Gasteiger partial charge in [-0.3, -0.25) is 4.68 Å². The van der Waals surface area contributed by atoms with Gasteiger partial charge in [-0.05, 0) is 11.8 Å². The van der Waals surface area contributed by atoms with Gasteiger partial charge in [0.05, 0.1) is 6.54 Å². The zero-order valence-corrected chi connectivity index (χ0v) is 13.3. The lowest BCUT2D eigenvalue weighted by molar-refractivity contribution is 0.689. The minimum Gasteiger partial charge on any atom is -0.322 e. The first-order valence-corrected chi connectivity index (χ1v) is 8.16. The number of thioether (sulfide) groups is 1. The SMILES string of the molecule is CSc1ncnc(Nc2ccn(Cc3ccccc3)n2)c1C#N. The predicted octanol–water partition coefficient (Wildman–Crippen LogP) is 3.06. The first-order valence-electron chi connectivity index (χ1n) is 6.93. The number of nitriles is 1. The Labute approximate surface area is 138 Å². The molecule has 1 N–H and O–H groups in total. The maximum absolute atomic E-state index is 9.30. The second kappa shape index (κ2) is 6.94. The van der Waals surface area contributed by atoms with Crippen molar-refractivity contribution in [3.8, 4) is 6.07 Å². The number of hydrogen-bond donors (Lipinski definition) is 1. The van der Waals surface area contributed by atoms with Crippen LogP contribution in [0, 0.1) is 11.3 Å². The monoisotopic (exact) mass is 322 g/mol. The van der Waals surface area contributed by atoms with Crippen molar-refractivity contribution in [3.05, 3.63) is 60.0 Å². The number of benzene rings is 1. The third-order valence-electron chi connectivity index (χ3n) is 3.19. The van der Waals surface area contributed by atoms with Gasteiger partial charge in [-0.15, -0.1) is 11.8 Å². The predicted molar refractivity (Wildman–Crippen MR) is 89.6 cm³/mol. The lowest BCUT2D eigenvalue weighted by Crippen LogP contribution is -2.03. The van der Waals surface area contributed by atoms with E-state index in [0.29, 0.717) is 28.8 Å². The second-order valence-electron chi connectivity index (χ2n) is 4.73. The van der Waals surface area contributed by atoms with Gasteiger partial charge in [-0.25, -0.2) is 9.97 Å². The van der Waals surface area contributed by atoms with E-state index >= 15 is 0 Å². The molecule has 23 heavy (non-hydrogen) atoms. The third kappa shape index (κ3) is 3.49. The lowest BCUT2D eigenvalue weighted by atomic mass is 10.2. The lowest BCUT2D eigenvalue weighted by Gasteiger charge is -2.06. The van der Waals surface area contributed by atoms with E-state index in [4.69, 9.17) is 0 Å². The molecule has 7 heteroatoms. The molecule has 0 saturated carbocycles. The second-order valence-corrected chi connectivity index (χ2v) is 5.52. The number of rotatable bonds is 5. The van der Waals surface area contributed by atoms with Gasteiger partial charge in [-0.1, -0.05) is 30.3 Å². The highest BCUT2D eigenvalue weighted by Gasteiger charge is 2.11. The Morgan fingerprint density at radius 2 is 2.04 bits per heavy atom. The minimum absolute atomic E-state index is 0.428. The third-order valence-corrected chi connectivity index (χ3v) is 3.89. The Morgan fingerprint density at radius 1 is 1.22 bits per heavy atom. The number of nitrogens with one attached hydrogen (secondary N) is 1. The van der Waals surface area contributed by atoms with Crippen molar-refractivity contribution >= 4 is 23.4 Å². The molecule has 0 aliphatic carbocycles. The summed E-state index contributed by atoms with van der Waals surface area (Å²) in [5.41, 5.74) is 1.60. The minimum atomic E-state index is 0.428. The average Bonchev–Trinajstić information content (AvgIpc) is 3.02. The van der Waals surface area contributed by atoms with E-state index in [-0.39, 0.29) is 0 Å². The summed E-state index contributed by atoms with van der Waals surface area (Å²) in [6, 6.07) is 14.1. The van der Waals surface area contributed by atoms with E-state index in [9.17, 15) is 5.26 Å². The van der Waals surface area contributed by atoms with Crippen LogP contribution in [0.3, 0.4) is 0 Å². The Hall–Kier alpha value is -2.85. The van der Waals surface area contributed by atoms with Crippen molar-refractivity contribution in [2.45, 2.75) is 11.6 Å². The quantitative estimate of drug-likeness (QED) is 0.574. The standard InChI is InChI=1S/C16H14N6S/c1-23-16-13(9-17)15(18-11-19-16)20-14-7-8-22(21-14)10-12-5-3-2-4-6-12/h2-8,11H,10H2,1H3,(H,18,19,20,21). The zero-order chi connectivity index (χ0) is 16.1. The fourth-order valence-corrected chi connectivity index (χ4v) is 2.63. The van der Waals surface area contributed by atoms with Crippen LogP contribution in [0.15, 0.2) is 53.9 Å². The highest BCUT2D eigenvalue weighted by Crippen LogP contribution is 2.24. The summed E-state index contributed by atoms with van der Waals surface area (Å²) in [5.74, 6) is 1.11. The first-order chi connectivity index (χ1) is 11.3. The van der Waals surface area contributed by atoms with Gasteiger partial charge in [0.1, 0.15) is 23.0 Å². The Balaban J connectivity index is 1.79. The first kappa shape index (κ1) is 15.1. The molecular formula is C16H14N6S. The number of hydrogen-bond acceptors (Lipinski definition) is 6. The van der Waals surface area contributed by atoms with Crippen LogP contribution < -0.4 is 5.32 Å². The molecule has 0 unspecified atom stereocenters. The molecule has 1 aromatic carbocycles. The van der Waals surface area contributed by atoms with Crippen LogP contribution in [-0.4, -0.2) is 26.0 Å². The average molecular weight is 322 g/mol. The molecular weight excluding hydrogens is 308 g/mol. The molecule has 3 rings (SSSR count). The highest BCUT2D eigenvalue weighted by molar-refractivity contribution is 7.98. The molecule has 0 atom stereocenters. The molecule has 3 aromatic rings. The maximum atomic E-state index is 9.30. The molecule has 0 saturated heterocycles. The number of aromatic nitrogens is 4. The highest BCUT2D eigenvalue weighted by atomic mass is 32.2. The molecule has 0 radical (unpaired) electrons. The van der Waals surface area contributed by atoms with Gasteiger partial charge in [0, 0.05) is 12.3 Å². The molecule has 114 valence electrons. The molecule has 0 bridgehead atoms. The number of nitrogens with zero attached hydrogens (tertiary/aromatic N) is 5. The normalized spacial score (nSPS) is 10.3. The van der Waals surface area contributed by atoms with Crippen molar-refractivity contribution in [1.29, 1.82) is 5.26 Å². The van der Waals surface area contributed by atoms with Gasteiger partial charge >= 0.3 is 0 Å². The van der Waals surface area contributed by atoms with E-state index in [2.05, 4.69) is 38.6 Å². The fraction of sp³-hybridized carbons (Fsp3) is 0.125. The summed E-state index contributed by atoms with van der Waals surface area (Å²) in [7, 11) is 0. The molecule has 6 nitrogen and oxygen atoms in total. The van der Waals surface area contributed by atoms with Crippen molar-refractivity contribution in [1.82, 2.24) is 19.7 Å². The molecule has 0 aliphatic rings. The van der Waals surface area contributed by atoms with Gasteiger partial charge in [0.25, 0.3) is 0 Å². The maximum Gasteiger partial charge on any atom is 0.154 e. The van der Waals surface area contributed by atoms with Crippen molar-refractivity contribution in [2.75, 3.05) is 11.6 Å². The topological polar surface area (TPSA) is 79.4 Å². The summed E-state index contributed by atoms with van der Waals surface area (Å²) in [5, 5.41) is 17.5. The molecule has 2 heterocycles. The summed E-state index contributed by atoms with van der Waals surface area (Å²) < 4.78 is 1.83. The van der Waals surface area contributed by atoms with Gasteiger partial charge < -0.3 is 5.32 Å². The Morgan fingerprint density at radius 3 is 2.78 bits per heavy atom. The molecule has 0 fully saturated rings. The van der Waals surface area contributed by atoms with Crippen molar-refractivity contribution in [2.24, 2.45) is 0 Å². The molecule has 0 spiro atoms. The van der Waals surface area contributed by atoms with Gasteiger partial charge in [-0.2, -0.15) is 10.4 Å². The summed E-state index contributed by atoms with van der Waals surface area (Å²) in [6.45, 7) is 0.688. The zero-order valence-electron chi connectivity index (χ0n) is 12.5. The van der Waals surface area contributed by atoms with Crippen LogP contribution in [0.25, 0.3) is 0 Å². The Bertz CT molecular complexity index is 837. The van der Waals surface area contributed by atoms with Crippen LogP contribution in [0.2, 0.25) is 0 Å². The van der Waals surface area contributed by atoms with E-state index in [0.717, 1.165) is 0 Å². The van der Waals surface area contributed by atoms with E-state index in [1.54, 1.807) is 0 Å². The van der Waals surface area contributed by atoms with E-state index < -0.39 is 0 Å². The van der Waals surface area contributed by atoms with Crippen LogP contribution >= 0.6 is 11.8 Å². The van der Waals surface area contributed by atoms with Crippen LogP contribution in [0.5, 0.6) is 0 Å². The summed E-state index contributed by atoms with van der Waals surface area (Å²) in [4.78, 5) is 8.23. The van der Waals surface area contributed by atoms with E-state index in [1.165, 1.54) is 23.7 Å². The van der Waals surface area contributed by atoms with Gasteiger partial charge in [0.2, 0.25) is 0 Å². The molecule has 2 aromatic heterocycles. The van der Waals surface area contributed by atoms with Crippen LogP contribution in [-0.2, 0) is 6.54 Å². The van der Waals surface area contributed by atoms with Crippen molar-refractivity contribution in [3.63, 3.8) is 0 Å². The largest absolute Gasteiger partial charge is 0.322 e. The fourth-order valence-electron chi connectivity index (χ4n) is 2.13. The Kier molecular flexibility index (Phi) is 4.54. The van der Waals surface area contributed by atoms with Crippen LogP contribution in [0.1, 0.15) is 11.1 Å². The summed E-state index contributed by atoms with van der Waals surface area (Å²) >= 11 is 1.41. The molecule has 0 aliphatic heterocycles. The molecule has 0 amide bonds. The number of anilines is 2. The smallest absolute Gasteiger partial charge is 0.154 e. The van der Waals surface area contributed by atoms with Crippen molar-refractivity contribution < 1.29 is 0 Å². The van der Waals surface area contributed by atoms with Crippen LogP contribution in [0.4, 0.5) is 11.6 Å². The van der Waals surface area contributed by atoms with E-state index in [1.807, 2.05) is 41.4 Å².